The summed E-state index contributed by atoms with van der Waals surface area (Å²) < 4.78 is 7.07. The first-order valence-electron chi connectivity index (χ1n) is 6.56. The van der Waals surface area contributed by atoms with Crippen LogP contribution in [0.25, 0.3) is 5.65 Å². The first-order valence-corrected chi connectivity index (χ1v) is 6.56. The fraction of sp³-hybridized carbons (Fsp3) is 0.286. The molecular weight excluding hydrogens is 270 g/mol. The van der Waals surface area contributed by atoms with Gasteiger partial charge in [-0.25, -0.2) is 14.5 Å². The number of nitrogens with one attached hydrogen (secondary N) is 1. The van der Waals surface area contributed by atoms with Crippen LogP contribution in [0.1, 0.15) is 33.4 Å². The Balaban J connectivity index is 1.80. The minimum absolute atomic E-state index is 0.217. The number of amides is 1. The summed E-state index contributed by atoms with van der Waals surface area (Å²) in [6.07, 6.45) is 3.21. The Labute approximate surface area is 121 Å². The van der Waals surface area contributed by atoms with Crippen molar-refractivity contribution in [3.05, 3.63) is 47.1 Å². The second kappa shape index (κ2) is 5.01. The topological polar surface area (TPSA) is 85.3 Å². The van der Waals surface area contributed by atoms with E-state index in [1.54, 1.807) is 29.9 Å². The maximum absolute atomic E-state index is 12.3. The fourth-order valence-electron chi connectivity index (χ4n) is 2.21. The zero-order chi connectivity index (χ0) is 15.0. The lowest BCUT2D eigenvalue weighted by molar-refractivity contribution is 0.0946. The molecule has 0 aromatic carbocycles. The van der Waals surface area contributed by atoms with Gasteiger partial charge in [-0.05, 0) is 13.8 Å². The largest absolute Gasteiger partial charge is 0.444 e. The molecule has 7 nitrogen and oxygen atoms in total. The van der Waals surface area contributed by atoms with E-state index in [2.05, 4.69) is 20.4 Å². The molecule has 0 spiro atoms. The van der Waals surface area contributed by atoms with Gasteiger partial charge in [0.1, 0.15) is 5.76 Å². The maximum atomic E-state index is 12.3. The Bertz CT molecular complexity index is 818. The second-order valence-corrected chi connectivity index (χ2v) is 4.78. The number of carbonyl (C=O) groups excluding carboxylic acids is 1. The highest BCUT2D eigenvalue weighted by Gasteiger charge is 2.14. The Morgan fingerprint density at radius 1 is 1.38 bits per heavy atom. The number of oxazole rings is 1. The van der Waals surface area contributed by atoms with E-state index in [1.807, 2.05) is 13.8 Å². The molecule has 1 N–H and O–H groups in total. The molecule has 0 aliphatic heterocycles. The van der Waals surface area contributed by atoms with Gasteiger partial charge in [-0.1, -0.05) is 0 Å². The van der Waals surface area contributed by atoms with Gasteiger partial charge in [-0.15, -0.1) is 0 Å². The first-order chi connectivity index (χ1) is 10.1. The van der Waals surface area contributed by atoms with Crippen LogP contribution in [0.3, 0.4) is 0 Å². The smallest absolute Gasteiger partial charge is 0.255 e. The third-order valence-corrected chi connectivity index (χ3v) is 3.31. The van der Waals surface area contributed by atoms with Crippen molar-refractivity contribution in [1.82, 2.24) is 24.9 Å². The van der Waals surface area contributed by atoms with Crippen molar-refractivity contribution in [2.75, 3.05) is 0 Å². The minimum Gasteiger partial charge on any atom is -0.444 e. The SMILES string of the molecule is Cc1nc(C)c(CNC(=O)c2cnc3ccnn3c2C)o1. The highest BCUT2D eigenvalue weighted by atomic mass is 16.4. The quantitative estimate of drug-likeness (QED) is 0.789. The van der Waals surface area contributed by atoms with E-state index in [0.717, 1.165) is 11.4 Å². The van der Waals surface area contributed by atoms with Gasteiger partial charge in [0.15, 0.2) is 11.5 Å². The van der Waals surface area contributed by atoms with Gasteiger partial charge in [0, 0.05) is 19.2 Å². The van der Waals surface area contributed by atoms with Crippen LogP contribution in [0.2, 0.25) is 0 Å². The molecule has 0 saturated carbocycles. The molecule has 3 aromatic rings. The van der Waals surface area contributed by atoms with Crippen molar-refractivity contribution in [3.63, 3.8) is 0 Å². The summed E-state index contributed by atoms with van der Waals surface area (Å²) in [5.74, 6) is 1.03. The molecule has 7 heteroatoms. The van der Waals surface area contributed by atoms with E-state index in [4.69, 9.17) is 4.42 Å². The normalized spacial score (nSPS) is 11.0. The Hall–Kier alpha value is -2.70. The number of aromatic nitrogens is 4. The van der Waals surface area contributed by atoms with Crippen molar-refractivity contribution < 1.29 is 9.21 Å². The molecule has 0 aliphatic rings. The predicted molar refractivity (Wildman–Crippen MR) is 74.9 cm³/mol. The molecule has 0 atom stereocenters. The van der Waals surface area contributed by atoms with Crippen molar-refractivity contribution in [2.24, 2.45) is 0 Å². The lowest BCUT2D eigenvalue weighted by Crippen LogP contribution is -2.24. The molecule has 0 unspecified atom stereocenters. The minimum atomic E-state index is -0.217. The Kier molecular flexibility index (Phi) is 3.17. The molecule has 1 amide bonds. The third-order valence-electron chi connectivity index (χ3n) is 3.31. The van der Waals surface area contributed by atoms with Crippen LogP contribution >= 0.6 is 0 Å². The van der Waals surface area contributed by atoms with Gasteiger partial charge >= 0.3 is 0 Å². The second-order valence-electron chi connectivity index (χ2n) is 4.78. The molecule has 3 aromatic heterocycles. The summed E-state index contributed by atoms with van der Waals surface area (Å²) in [6, 6.07) is 1.79. The van der Waals surface area contributed by atoms with Gasteiger partial charge in [-0.3, -0.25) is 4.79 Å². The van der Waals surface area contributed by atoms with E-state index in [-0.39, 0.29) is 5.91 Å². The Morgan fingerprint density at radius 3 is 2.90 bits per heavy atom. The monoisotopic (exact) mass is 285 g/mol. The number of rotatable bonds is 3. The number of hydrogen-bond donors (Lipinski definition) is 1. The number of nitrogens with zero attached hydrogens (tertiary/aromatic N) is 4. The molecule has 108 valence electrons. The molecule has 0 fully saturated rings. The van der Waals surface area contributed by atoms with Gasteiger partial charge < -0.3 is 9.73 Å². The highest BCUT2D eigenvalue weighted by Crippen LogP contribution is 2.11. The molecule has 0 radical (unpaired) electrons. The molecule has 0 bridgehead atoms. The summed E-state index contributed by atoms with van der Waals surface area (Å²) in [5, 5.41) is 6.96. The molecule has 21 heavy (non-hydrogen) atoms. The van der Waals surface area contributed by atoms with Crippen LogP contribution in [0, 0.1) is 20.8 Å². The van der Waals surface area contributed by atoms with Gasteiger partial charge in [0.2, 0.25) is 0 Å². The van der Waals surface area contributed by atoms with Crippen LogP contribution in [-0.2, 0) is 6.54 Å². The van der Waals surface area contributed by atoms with Crippen molar-refractivity contribution in [3.8, 4) is 0 Å². The standard InChI is InChI=1S/C14H15N5O2/c1-8-12(21-10(3)18-8)7-16-14(20)11-6-15-13-4-5-17-19(13)9(11)2/h4-6H,7H2,1-3H3,(H,16,20). The average Bonchev–Trinajstić information content (AvgIpc) is 3.03. The predicted octanol–water partition coefficient (Wildman–Crippen LogP) is 1.57. The van der Waals surface area contributed by atoms with Gasteiger partial charge in [0.25, 0.3) is 5.91 Å². The maximum Gasteiger partial charge on any atom is 0.255 e. The van der Waals surface area contributed by atoms with Crippen LogP contribution in [-0.4, -0.2) is 25.5 Å². The molecular formula is C14H15N5O2. The molecule has 3 rings (SSSR count). The van der Waals surface area contributed by atoms with E-state index >= 15 is 0 Å². The van der Waals surface area contributed by atoms with E-state index < -0.39 is 0 Å². The number of fused-ring (bicyclic) bond motifs is 1. The highest BCUT2D eigenvalue weighted by molar-refractivity contribution is 5.95. The lowest BCUT2D eigenvalue weighted by atomic mass is 10.2. The van der Waals surface area contributed by atoms with Crippen molar-refractivity contribution in [2.45, 2.75) is 27.3 Å². The summed E-state index contributed by atoms with van der Waals surface area (Å²) in [5.41, 5.74) is 2.73. The lowest BCUT2D eigenvalue weighted by Gasteiger charge is -2.07. The summed E-state index contributed by atoms with van der Waals surface area (Å²) in [7, 11) is 0. The van der Waals surface area contributed by atoms with E-state index in [1.165, 1.54) is 0 Å². The molecule has 3 heterocycles. The number of carbonyl (C=O) groups is 1. The number of aryl methyl sites for hydroxylation is 3. The average molecular weight is 285 g/mol. The fourth-order valence-corrected chi connectivity index (χ4v) is 2.21. The van der Waals surface area contributed by atoms with Crippen LogP contribution in [0.5, 0.6) is 0 Å². The molecule has 0 saturated heterocycles. The zero-order valence-corrected chi connectivity index (χ0v) is 12.0. The van der Waals surface area contributed by atoms with Crippen molar-refractivity contribution in [1.29, 1.82) is 0 Å². The van der Waals surface area contributed by atoms with Gasteiger partial charge in [-0.2, -0.15) is 5.10 Å². The van der Waals surface area contributed by atoms with Crippen LogP contribution in [0.4, 0.5) is 0 Å². The van der Waals surface area contributed by atoms with Crippen LogP contribution < -0.4 is 5.32 Å². The first kappa shape index (κ1) is 13.3. The molecule has 0 aliphatic carbocycles. The number of hydrogen-bond acceptors (Lipinski definition) is 5. The van der Waals surface area contributed by atoms with Crippen LogP contribution in [0.15, 0.2) is 22.9 Å². The van der Waals surface area contributed by atoms with E-state index in [9.17, 15) is 4.79 Å². The van der Waals surface area contributed by atoms with Gasteiger partial charge in [0.05, 0.1) is 29.7 Å². The summed E-state index contributed by atoms with van der Waals surface area (Å²) in [4.78, 5) is 20.6. The Morgan fingerprint density at radius 2 is 2.19 bits per heavy atom. The third kappa shape index (κ3) is 2.37. The van der Waals surface area contributed by atoms with Crippen molar-refractivity contribution >= 4 is 11.6 Å². The van der Waals surface area contributed by atoms with E-state index in [0.29, 0.717) is 29.4 Å². The summed E-state index contributed by atoms with van der Waals surface area (Å²) in [6.45, 7) is 5.75. The summed E-state index contributed by atoms with van der Waals surface area (Å²) >= 11 is 0. The zero-order valence-electron chi connectivity index (χ0n) is 12.0.